The van der Waals surface area contributed by atoms with Crippen LogP contribution in [0.15, 0.2) is 24.3 Å². The molecule has 118 valence electrons. The van der Waals surface area contributed by atoms with Crippen LogP contribution in [0.1, 0.15) is 31.5 Å². The van der Waals surface area contributed by atoms with E-state index < -0.39 is 0 Å². The van der Waals surface area contributed by atoms with Crippen LogP contribution < -0.4 is 5.32 Å². The van der Waals surface area contributed by atoms with Crippen LogP contribution >= 0.6 is 11.3 Å². The highest BCUT2D eigenvalue weighted by Gasteiger charge is 2.26. The van der Waals surface area contributed by atoms with E-state index in [9.17, 15) is 4.79 Å². The van der Waals surface area contributed by atoms with Gasteiger partial charge in [0.15, 0.2) is 0 Å². The molecule has 0 saturated heterocycles. The average Bonchev–Trinajstić information content (AvgIpc) is 3.21. The van der Waals surface area contributed by atoms with Crippen molar-refractivity contribution < 1.29 is 4.79 Å². The van der Waals surface area contributed by atoms with E-state index in [1.807, 2.05) is 36.7 Å². The number of carbonyl (C=O) groups excluding carboxylic acids is 1. The lowest BCUT2D eigenvalue weighted by atomic mass is 10.2. The predicted molar refractivity (Wildman–Crippen MR) is 92.2 cm³/mol. The molecule has 0 radical (unpaired) electrons. The number of nitrogens with zero attached hydrogens (tertiary/aromatic N) is 3. The van der Waals surface area contributed by atoms with Crippen molar-refractivity contribution in [2.75, 3.05) is 5.32 Å². The van der Waals surface area contributed by atoms with E-state index in [0.29, 0.717) is 0 Å². The van der Waals surface area contributed by atoms with Crippen molar-refractivity contribution in [3.05, 3.63) is 35.5 Å². The molecule has 1 amide bonds. The zero-order valence-corrected chi connectivity index (χ0v) is 14.0. The Labute approximate surface area is 138 Å². The van der Waals surface area contributed by atoms with Crippen LogP contribution in [-0.2, 0) is 17.6 Å². The molecule has 1 N–H and O–H groups in total. The minimum atomic E-state index is -0.0641. The zero-order valence-electron chi connectivity index (χ0n) is 13.2. The number of hydrogen-bond acceptors (Lipinski definition) is 4. The summed E-state index contributed by atoms with van der Waals surface area (Å²) in [4.78, 5) is 16.9. The van der Waals surface area contributed by atoms with Crippen molar-refractivity contribution in [2.24, 2.45) is 5.92 Å². The number of nitrogens with one attached hydrogen (secondary N) is 1. The molecule has 0 fully saturated rings. The molecule has 3 aromatic rings. The number of aryl methyl sites for hydroxylation is 1. The number of carbonyl (C=O) groups is 1. The van der Waals surface area contributed by atoms with Gasteiger partial charge in [0.2, 0.25) is 11.0 Å². The van der Waals surface area contributed by atoms with Crippen molar-refractivity contribution >= 4 is 33.3 Å². The van der Waals surface area contributed by atoms with Gasteiger partial charge in [-0.2, -0.15) is 9.78 Å². The van der Waals surface area contributed by atoms with Gasteiger partial charge >= 0.3 is 0 Å². The Morgan fingerprint density at radius 1 is 1.30 bits per heavy atom. The number of amides is 1. The van der Waals surface area contributed by atoms with Gasteiger partial charge in [0.1, 0.15) is 5.82 Å². The van der Waals surface area contributed by atoms with Gasteiger partial charge in [0, 0.05) is 11.5 Å². The fraction of sp³-hybridized carbons (Fsp3) is 0.353. The maximum atomic E-state index is 12.2. The molecule has 23 heavy (non-hydrogen) atoms. The summed E-state index contributed by atoms with van der Waals surface area (Å²) >= 11 is 1.59. The number of anilines is 1. The molecule has 1 aliphatic rings. The topological polar surface area (TPSA) is 59.8 Å². The number of rotatable bonds is 3. The van der Waals surface area contributed by atoms with Crippen molar-refractivity contribution in [3.8, 4) is 5.13 Å². The average molecular weight is 326 g/mol. The molecule has 6 heteroatoms. The Bertz CT molecular complexity index is 860. The Morgan fingerprint density at radius 2 is 2.13 bits per heavy atom. The van der Waals surface area contributed by atoms with Crippen LogP contribution in [0.25, 0.3) is 15.3 Å². The molecule has 0 saturated carbocycles. The number of benzene rings is 1. The Balaban J connectivity index is 1.83. The summed E-state index contributed by atoms with van der Waals surface area (Å²) in [5.74, 6) is 0.753. The van der Waals surface area contributed by atoms with Gasteiger partial charge in [-0.15, -0.1) is 0 Å². The highest BCUT2D eigenvalue weighted by molar-refractivity contribution is 7.20. The molecule has 5 nitrogen and oxygen atoms in total. The van der Waals surface area contributed by atoms with Crippen molar-refractivity contribution in [2.45, 2.75) is 33.1 Å². The first-order valence-corrected chi connectivity index (χ1v) is 8.72. The van der Waals surface area contributed by atoms with E-state index in [1.165, 1.54) is 5.56 Å². The fourth-order valence-corrected chi connectivity index (χ4v) is 3.79. The Kier molecular flexibility index (Phi) is 3.41. The first kappa shape index (κ1) is 14.4. The fourth-order valence-electron chi connectivity index (χ4n) is 2.87. The predicted octanol–water partition coefficient (Wildman–Crippen LogP) is 3.57. The van der Waals surface area contributed by atoms with Crippen LogP contribution in [0.3, 0.4) is 0 Å². The van der Waals surface area contributed by atoms with E-state index >= 15 is 0 Å². The number of aromatic nitrogens is 3. The third-order valence-corrected chi connectivity index (χ3v) is 5.15. The summed E-state index contributed by atoms with van der Waals surface area (Å²) in [6.07, 6.45) is 3.04. The molecule has 1 aromatic carbocycles. The zero-order chi connectivity index (χ0) is 16.0. The second-order valence-corrected chi connectivity index (χ2v) is 7.16. The van der Waals surface area contributed by atoms with Gasteiger partial charge in [-0.05, 0) is 31.4 Å². The largest absolute Gasteiger partial charge is 0.310 e. The molecule has 0 spiro atoms. The number of hydrogen-bond donors (Lipinski definition) is 1. The monoisotopic (exact) mass is 326 g/mol. The second-order valence-electron chi connectivity index (χ2n) is 6.15. The number of fused-ring (bicyclic) bond motifs is 2. The maximum Gasteiger partial charge on any atom is 0.228 e. The van der Waals surface area contributed by atoms with Crippen LogP contribution in [0.2, 0.25) is 0 Å². The van der Waals surface area contributed by atoms with Crippen LogP contribution in [0.4, 0.5) is 5.82 Å². The van der Waals surface area contributed by atoms with Crippen molar-refractivity contribution in [1.29, 1.82) is 0 Å². The normalized spacial score (nSPS) is 13.7. The summed E-state index contributed by atoms with van der Waals surface area (Å²) in [6.45, 7) is 3.79. The molecule has 0 atom stereocenters. The summed E-state index contributed by atoms with van der Waals surface area (Å²) in [6, 6.07) is 8.05. The van der Waals surface area contributed by atoms with Gasteiger partial charge in [0.25, 0.3) is 0 Å². The van der Waals surface area contributed by atoms with Crippen molar-refractivity contribution in [3.63, 3.8) is 0 Å². The molecule has 0 bridgehead atoms. The van der Waals surface area contributed by atoms with Crippen molar-refractivity contribution in [1.82, 2.24) is 14.8 Å². The van der Waals surface area contributed by atoms with Crippen LogP contribution in [0.5, 0.6) is 0 Å². The second kappa shape index (κ2) is 5.45. The van der Waals surface area contributed by atoms with E-state index in [2.05, 4.69) is 16.4 Å². The smallest absolute Gasteiger partial charge is 0.228 e. The third kappa shape index (κ3) is 2.43. The van der Waals surface area contributed by atoms with Crippen LogP contribution in [-0.4, -0.2) is 20.7 Å². The third-order valence-electron chi connectivity index (χ3n) is 4.14. The molecular formula is C17H18N4OS. The lowest BCUT2D eigenvalue weighted by molar-refractivity contribution is -0.118. The lowest BCUT2D eigenvalue weighted by Gasteiger charge is -2.10. The van der Waals surface area contributed by atoms with Gasteiger partial charge in [-0.1, -0.05) is 37.3 Å². The summed E-state index contributed by atoms with van der Waals surface area (Å²) in [5.41, 5.74) is 3.21. The maximum absolute atomic E-state index is 12.2. The minimum absolute atomic E-state index is 0.0157. The lowest BCUT2D eigenvalue weighted by Crippen LogP contribution is -2.20. The van der Waals surface area contributed by atoms with Crippen LogP contribution in [0, 0.1) is 5.92 Å². The molecule has 0 aliphatic heterocycles. The standard InChI is InChI=1S/C17H18N4OS/c1-10(2)16(22)19-15-11-6-5-8-12(11)20-21(15)17-18-13-7-3-4-9-14(13)23-17/h3-4,7,9-10H,5-6,8H2,1-2H3,(H,19,22). The highest BCUT2D eigenvalue weighted by atomic mass is 32.1. The molecule has 0 unspecified atom stereocenters. The summed E-state index contributed by atoms with van der Waals surface area (Å²) in [5, 5.41) is 8.59. The highest BCUT2D eigenvalue weighted by Crippen LogP contribution is 2.33. The quantitative estimate of drug-likeness (QED) is 0.800. The first-order valence-electron chi connectivity index (χ1n) is 7.91. The van der Waals surface area contributed by atoms with E-state index in [4.69, 9.17) is 5.10 Å². The summed E-state index contributed by atoms with van der Waals surface area (Å²) < 4.78 is 2.94. The van der Waals surface area contributed by atoms with E-state index in [1.54, 1.807) is 11.3 Å². The van der Waals surface area contributed by atoms with Gasteiger partial charge < -0.3 is 5.32 Å². The van der Waals surface area contributed by atoms with E-state index in [-0.39, 0.29) is 11.8 Å². The SMILES string of the molecule is CC(C)C(=O)Nc1c2c(nn1-c1nc3ccccc3s1)CCC2. The van der Waals surface area contributed by atoms with Gasteiger partial charge in [0.05, 0.1) is 15.9 Å². The first-order chi connectivity index (χ1) is 11.1. The molecule has 2 aromatic heterocycles. The van der Waals surface area contributed by atoms with Gasteiger partial charge in [-0.25, -0.2) is 4.98 Å². The van der Waals surface area contributed by atoms with Gasteiger partial charge in [-0.3, -0.25) is 4.79 Å². The Morgan fingerprint density at radius 3 is 2.91 bits per heavy atom. The number of thiazole rings is 1. The van der Waals surface area contributed by atoms with E-state index in [0.717, 1.165) is 46.1 Å². The molecule has 2 heterocycles. The molecule has 1 aliphatic carbocycles. The molecular weight excluding hydrogens is 308 g/mol. The summed E-state index contributed by atoms with van der Waals surface area (Å²) in [7, 11) is 0. The Hall–Kier alpha value is -2.21. The minimum Gasteiger partial charge on any atom is -0.310 e. The molecule has 4 rings (SSSR count). The number of para-hydroxylation sites is 1.